The highest BCUT2D eigenvalue weighted by atomic mass is 16.5. The summed E-state index contributed by atoms with van der Waals surface area (Å²) in [5.41, 5.74) is 3.62. The third-order valence-corrected chi connectivity index (χ3v) is 5.45. The Balaban J connectivity index is 1.37. The van der Waals surface area contributed by atoms with Crippen molar-refractivity contribution < 1.29 is 14.3 Å². The van der Waals surface area contributed by atoms with E-state index in [9.17, 15) is 9.59 Å². The second kappa shape index (κ2) is 7.75. The zero-order chi connectivity index (χ0) is 19.7. The number of hydrogen-bond donors (Lipinski definition) is 0. The molecule has 7 heteroatoms. The number of piperazine rings is 1. The smallest absolute Gasteiger partial charge is 0.253 e. The summed E-state index contributed by atoms with van der Waals surface area (Å²) in [7, 11) is 0. The van der Waals surface area contributed by atoms with Crippen molar-refractivity contribution in [2.24, 2.45) is 0 Å². The molecule has 2 aliphatic heterocycles. The van der Waals surface area contributed by atoms with Crippen molar-refractivity contribution in [1.82, 2.24) is 19.6 Å². The summed E-state index contributed by atoms with van der Waals surface area (Å²) in [5, 5.41) is 4.48. The van der Waals surface area contributed by atoms with Gasteiger partial charge < -0.3 is 14.5 Å². The fraction of sp³-hybridized carbons (Fsp3) is 0.476. The highest BCUT2D eigenvalue weighted by Gasteiger charge is 2.31. The van der Waals surface area contributed by atoms with Crippen LogP contribution in [0, 0.1) is 13.8 Å². The van der Waals surface area contributed by atoms with Crippen molar-refractivity contribution in [1.29, 1.82) is 0 Å². The average molecular weight is 382 g/mol. The van der Waals surface area contributed by atoms with E-state index >= 15 is 0 Å². The van der Waals surface area contributed by atoms with Crippen LogP contribution < -0.4 is 0 Å². The van der Waals surface area contributed by atoms with Gasteiger partial charge in [0.2, 0.25) is 0 Å². The summed E-state index contributed by atoms with van der Waals surface area (Å²) < 4.78 is 7.36. The Kier molecular flexibility index (Phi) is 5.17. The molecule has 2 amide bonds. The molecule has 2 saturated heterocycles. The van der Waals surface area contributed by atoms with Crippen LogP contribution in [-0.2, 0) is 9.53 Å². The van der Waals surface area contributed by atoms with E-state index < -0.39 is 0 Å². The van der Waals surface area contributed by atoms with E-state index in [1.165, 1.54) is 0 Å². The summed E-state index contributed by atoms with van der Waals surface area (Å²) in [6.07, 6.45) is 1.46. The molecule has 1 aromatic carbocycles. The van der Waals surface area contributed by atoms with Crippen LogP contribution in [0.25, 0.3) is 5.69 Å². The number of aryl methyl sites for hydroxylation is 2. The maximum Gasteiger partial charge on any atom is 0.253 e. The molecule has 4 rings (SSSR count). The van der Waals surface area contributed by atoms with Crippen LogP contribution >= 0.6 is 0 Å². The quantitative estimate of drug-likeness (QED) is 0.814. The number of carbonyl (C=O) groups is 2. The van der Waals surface area contributed by atoms with Gasteiger partial charge in [0.25, 0.3) is 11.8 Å². The monoisotopic (exact) mass is 382 g/mol. The van der Waals surface area contributed by atoms with E-state index in [-0.39, 0.29) is 17.9 Å². The first-order valence-electron chi connectivity index (χ1n) is 9.86. The van der Waals surface area contributed by atoms with Crippen LogP contribution in [0.1, 0.15) is 34.6 Å². The number of carbonyl (C=O) groups excluding carboxylic acids is 2. The minimum absolute atomic E-state index is 0.00383. The van der Waals surface area contributed by atoms with Crippen LogP contribution in [0.2, 0.25) is 0 Å². The molecule has 2 aromatic rings. The van der Waals surface area contributed by atoms with Gasteiger partial charge in [-0.2, -0.15) is 5.10 Å². The second-order valence-corrected chi connectivity index (χ2v) is 7.50. The lowest BCUT2D eigenvalue weighted by molar-refractivity contribution is -0.142. The van der Waals surface area contributed by atoms with Gasteiger partial charge in [-0.25, -0.2) is 4.68 Å². The van der Waals surface area contributed by atoms with E-state index in [1.807, 2.05) is 58.7 Å². The summed E-state index contributed by atoms with van der Waals surface area (Å²) in [6.45, 7) is 6.87. The molecular formula is C21H26N4O3. The molecule has 0 spiro atoms. The Bertz CT molecular complexity index is 860. The Hall–Kier alpha value is -2.67. The fourth-order valence-electron chi connectivity index (χ4n) is 3.92. The van der Waals surface area contributed by atoms with Crippen molar-refractivity contribution in [2.45, 2.75) is 32.8 Å². The maximum absolute atomic E-state index is 12.8. The van der Waals surface area contributed by atoms with Crippen LogP contribution in [0.3, 0.4) is 0 Å². The summed E-state index contributed by atoms with van der Waals surface area (Å²) in [4.78, 5) is 28.9. The lowest BCUT2D eigenvalue weighted by Crippen LogP contribution is -2.52. The van der Waals surface area contributed by atoms with Crippen LogP contribution in [-0.4, -0.2) is 70.3 Å². The largest absolute Gasteiger partial charge is 0.368 e. The third kappa shape index (κ3) is 3.67. The van der Waals surface area contributed by atoms with Crippen molar-refractivity contribution in [3.05, 3.63) is 47.3 Å². The molecule has 3 heterocycles. The molecule has 0 aliphatic carbocycles. The fourth-order valence-corrected chi connectivity index (χ4v) is 3.92. The Labute approximate surface area is 164 Å². The van der Waals surface area contributed by atoms with Gasteiger partial charge in [0, 0.05) is 44.0 Å². The minimum atomic E-state index is -0.288. The molecule has 0 radical (unpaired) electrons. The number of nitrogens with zero attached hydrogens (tertiary/aromatic N) is 4. The summed E-state index contributed by atoms with van der Waals surface area (Å²) in [5.74, 6) is 0.0722. The Morgan fingerprint density at radius 3 is 2.29 bits per heavy atom. The first-order chi connectivity index (χ1) is 13.5. The van der Waals surface area contributed by atoms with Crippen LogP contribution in [0.5, 0.6) is 0 Å². The van der Waals surface area contributed by atoms with Crippen LogP contribution in [0.4, 0.5) is 0 Å². The highest BCUT2D eigenvalue weighted by Crippen LogP contribution is 2.18. The topological polar surface area (TPSA) is 67.7 Å². The van der Waals surface area contributed by atoms with Gasteiger partial charge >= 0.3 is 0 Å². The molecule has 0 N–H and O–H groups in total. The number of aromatic nitrogens is 2. The Morgan fingerprint density at radius 2 is 1.71 bits per heavy atom. The van der Waals surface area contributed by atoms with Crippen molar-refractivity contribution >= 4 is 11.8 Å². The zero-order valence-corrected chi connectivity index (χ0v) is 16.4. The zero-order valence-electron chi connectivity index (χ0n) is 16.4. The molecule has 148 valence electrons. The van der Waals surface area contributed by atoms with Gasteiger partial charge in [-0.1, -0.05) is 0 Å². The molecule has 1 atom stereocenters. The number of amides is 2. The van der Waals surface area contributed by atoms with E-state index in [4.69, 9.17) is 4.74 Å². The summed E-state index contributed by atoms with van der Waals surface area (Å²) >= 11 is 0. The standard InChI is InChI=1S/C21H26N4O3/c1-15-14-16(2)25(22-15)18-7-5-17(6-8-18)20(26)23-9-11-24(12-10-23)21(27)19-4-3-13-28-19/h5-8,14,19H,3-4,9-13H2,1-2H3. The number of benzene rings is 1. The molecule has 0 bridgehead atoms. The molecule has 7 nitrogen and oxygen atoms in total. The molecular weight excluding hydrogens is 356 g/mol. The lowest BCUT2D eigenvalue weighted by atomic mass is 10.1. The van der Waals surface area contributed by atoms with Crippen LogP contribution in [0.15, 0.2) is 30.3 Å². The van der Waals surface area contributed by atoms with Crippen molar-refractivity contribution in [3.63, 3.8) is 0 Å². The first-order valence-corrected chi connectivity index (χ1v) is 9.86. The third-order valence-electron chi connectivity index (χ3n) is 5.45. The van der Waals surface area contributed by atoms with Gasteiger partial charge in [0.1, 0.15) is 6.10 Å². The summed E-state index contributed by atoms with van der Waals surface area (Å²) in [6, 6.07) is 9.56. The predicted octanol–water partition coefficient (Wildman–Crippen LogP) is 1.95. The van der Waals surface area contributed by atoms with Gasteiger partial charge in [-0.3, -0.25) is 9.59 Å². The second-order valence-electron chi connectivity index (χ2n) is 7.50. The van der Waals surface area contributed by atoms with E-state index in [1.54, 1.807) is 0 Å². The molecule has 1 aromatic heterocycles. The molecule has 1 unspecified atom stereocenters. The average Bonchev–Trinajstić information content (AvgIpc) is 3.37. The van der Waals surface area contributed by atoms with Crippen molar-refractivity contribution in [3.8, 4) is 5.69 Å². The van der Waals surface area contributed by atoms with Gasteiger partial charge in [0.15, 0.2) is 0 Å². The SMILES string of the molecule is Cc1cc(C)n(-c2ccc(C(=O)N3CCN(C(=O)C4CCCO4)CC3)cc2)n1. The molecule has 2 aliphatic rings. The molecule has 0 saturated carbocycles. The van der Waals surface area contributed by atoms with Crippen molar-refractivity contribution in [2.75, 3.05) is 32.8 Å². The molecule has 28 heavy (non-hydrogen) atoms. The van der Waals surface area contributed by atoms with Gasteiger partial charge in [0.05, 0.1) is 11.4 Å². The number of rotatable bonds is 3. The van der Waals surface area contributed by atoms with E-state index in [0.29, 0.717) is 38.3 Å². The normalized spacial score (nSPS) is 19.9. The lowest BCUT2D eigenvalue weighted by Gasteiger charge is -2.35. The number of ether oxygens (including phenoxy) is 1. The van der Waals surface area contributed by atoms with E-state index in [2.05, 4.69) is 5.10 Å². The predicted molar refractivity (Wildman–Crippen MR) is 104 cm³/mol. The minimum Gasteiger partial charge on any atom is -0.368 e. The Morgan fingerprint density at radius 1 is 1.04 bits per heavy atom. The first kappa shape index (κ1) is 18.7. The highest BCUT2D eigenvalue weighted by molar-refractivity contribution is 5.94. The maximum atomic E-state index is 12.8. The van der Waals surface area contributed by atoms with E-state index in [0.717, 1.165) is 29.9 Å². The number of hydrogen-bond acceptors (Lipinski definition) is 4. The van der Waals surface area contributed by atoms with Gasteiger partial charge in [-0.15, -0.1) is 0 Å². The molecule has 2 fully saturated rings. The van der Waals surface area contributed by atoms with Gasteiger partial charge in [-0.05, 0) is 57.0 Å².